The van der Waals surface area contributed by atoms with E-state index in [0.717, 1.165) is 40.9 Å². The monoisotopic (exact) mass is 427 g/mol. The number of nitriles is 1. The maximum atomic E-state index is 12.4. The summed E-state index contributed by atoms with van der Waals surface area (Å²) in [5, 5.41) is 20.3. The van der Waals surface area contributed by atoms with Crippen molar-refractivity contribution in [1.29, 1.82) is 5.26 Å². The Kier molecular flexibility index (Phi) is 5.42. The summed E-state index contributed by atoms with van der Waals surface area (Å²) < 4.78 is 1.89. The zero-order chi connectivity index (χ0) is 23.2. The third-order valence-corrected chi connectivity index (χ3v) is 7.46. The fourth-order valence-corrected chi connectivity index (χ4v) is 4.77. The second-order valence-electron chi connectivity index (χ2n) is 9.49. The summed E-state index contributed by atoms with van der Waals surface area (Å²) >= 11 is 0. The van der Waals surface area contributed by atoms with Crippen molar-refractivity contribution in [3.05, 3.63) is 64.1 Å². The van der Waals surface area contributed by atoms with Crippen LogP contribution in [-0.2, 0) is 13.5 Å². The summed E-state index contributed by atoms with van der Waals surface area (Å²) in [5.41, 5.74) is 6.37. The van der Waals surface area contributed by atoms with Crippen LogP contribution >= 0.6 is 0 Å². The molecule has 2 aromatic heterocycles. The Balaban J connectivity index is 2.02. The normalized spacial score (nSPS) is 17.4. The summed E-state index contributed by atoms with van der Waals surface area (Å²) in [5.74, 6) is -0.608. The predicted molar refractivity (Wildman–Crippen MR) is 127 cm³/mol. The Morgan fingerprint density at radius 1 is 1.34 bits per heavy atom. The van der Waals surface area contributed by atoms with Gasteiger partial charge in [-0.1, -0.05) is 45.4 Å². The molecular weight excluding hydrogens is 398 g/mol. The van der Waals surface area contributed by atoms with Crippen molar-refractivity contribution in [2.24, 2.45) is 18.4 Å². The van der Waals surface area contributed by atoms with E-state index in [1.807, 2.05) is 48.9 Å². The van der Waals surface area contributed by atoms with Crippen LogP contribution in [0.25, 0.3) is 22.6 Å². The molecule has 164 valence electrons. The highest BCUT2D eigenvalue weighted by Crippen LogP contribution is 2.46. The molecule has 5 heteroatoms. The first-order valence-corrected chi connectivity index (χ1v) is 11.1. The quantitative estimate of drug-likeness (QED) is 0.554. The Bertz CT molecular complexity index is 1300. The molecule has 3 aromatic rings. The Morgan fingerprint density at radius 3 is 2.69 bits per heavy atom. The lowest BCUT2D eigenvalue weighted by Crippen LogP contribution is -2.30. The van der Waals surface area contributed by atoms with Crippen molar-refractivity contribution in [2.75, 3.05) is 0 Å². The van der Waals surface area contributed by atoms with E-state index in [4.69, 9.17) is 4.98 Å². The third kappa shape index (κ3) is 3.50. The number of fused-ring (bicyclic) bond motifs is 2. The van der Waals surface area contributed by atoms with Crippen molar-refractivity contribution >= 4 is 28.5 Å². The molecule has 0 bridgehead atoms. The molecule has 1 aromatic carbocycles. The van der Waals surface area contributed by atoms with E-state index < -0.39 is 5.97 Å². The molecular formula is C27H29N3O2. The van der Waals surface area contributed by atoms with Crippen LogP contribution in [0, 0.1) is 29.6 Å². The number of carboxylic acid groups (broad SMARTS) is 1. The molecule has 4 rings (SSSR count). The van der Waals surface area contributed by atoms with Gasteiger partial charge in [0.2, 0.25) is 0 Å². The lowest BCUT2D eigenvalue weighted by atomic mass is 9.67. The van der Waals surface area contributed by atoms with Gasteiger partial charge in [0.1, 0.15) is 11.8 Å². The largest absolute Gasteiger partial charge is 0.478 e. The number of benzene rings is 1. The molecule has 1 aliphatic carbocycles. The van der Waals surface area contributed by atoms with Gasteiger partial charge >= 0.3 is 5.97 Å². The van der Waals surface area contributed by atoms with Crippen molar-refractivity contribution in [2.45, 2.75) is 47.0 Å². The molecule has 1 aliphatic rings. The van der Waals surface area contributed by atoms with Crippen LogP contribution in [0.15, 0.2) is 30.3 Å². The number of hydrogen-bond acceptors (Lipinski definition) is 3. The van der Waals surface area contributed by atoms with Crippen molar-refractivity contribution in [3.8, 4) is 6.07 Å². The van der Waals surface area contributed by atoms with Crippen molar-refractivity contribution in [1.82, 2.24) is 9.55 Å². The smallest absolute Gasteiger partial charge is 0.336 e. The van der Waals surface area contributed by atoms with Gasteiger partial charge in [-0.15, -0.1) is 0 Å². The highest BCUT2D eigenvalue weighted by atomic mass is 16.4. The van der Waals surface area contributed by atoms with Crippen LogP contribution in [0.4, 0.5) is 0 Å². The molecule has 0 aliphatic heterocycles. The van der Waals surface area contributed by atoms with Gasteiger partial charge in [-0.3, -0.25) is 0 Å². The first kappa shape index (κ1) is 21.8. The number of carboxylic acids is 1. The van der Waals surface area contributed by atoms with Crippen molar-refractivity contribution in [3.63, 3.8) is 0 Å². The molecule has 0 radical (unpaired) electrons. The van der Waals surface area contributed by atoms with Gasteiger partial charge < -0.3 is 9.67 Å². The predicted octanol–water partition coefficient (Wildman–Crippen LogP) is 5.99. The van der Waals surface area contributed by atoms with Crippen LogP contribution in [0.5, 0.6) is 0 Å². The number of rotatable bonds is 4. The molecule has 0 fully saturated rings. The summed E-state index contributed by atoms with van der Waals surface area (Å²) in [4.78, 5) is 17.4. The zero-order valence-corrected chi connectivity index (χ0v) is 19.4. The van der Waals surface area contributed by atoms with E-state index >= 15 is 0 Å². The average molecular weight is 428 g/mol. The maximum absolute atomic E-state index is 12.4. The molecule has 1 atom stereocenters. The second kappa shape index (κ2) is 7.94. The van der Waals surface area contributed by atoms with Gasteiger partial charge in [0, 0.05) is 18.1 Å². The number of aromatic nitrogens is 2. The fourth-order valence-electron chi connectivity index (χ4n) is 4.77. The van der Waals surface area contributed by atoms with Crippen molar-refractivity contribution < 1.29 is 9.90 Å². The lowest BCUT2D eigenvalue weighted by Gasteiger charge is -2.38. The van der Waals surface area contributed by atoms with E-state index in [2.05, 4.69) is 32.9 Å². The molecule has 5 nitrogen and oxygen atoms in total. The lowest BCUT2D eigenvalue weighted by molar-refractivity contribution is 0.0696. The number of carbonyl (C=O) groups is 1. The zero-order valence-electron chi connectivity index (χ0n) is 19.4. The molecule has 0 unspecified atom stereocenters. The highest BCUT2D eigenvalue weighted by Gasteiger charge is 2.36. The third-order valence-electron chi connectivity index (χ3n) is 7.46. The van der Waals surface area contributed by atoms with Gasteiger partial charge in [-0.05, 0) is 66.0 Å². The van der Waals surface area contributed by atoms with E-state index in [1.165, 1.54) is 0 Å². The van der Waals surface area contributed by atoms with Gasteiger partial charge in [0.25, 0.3) is 0 Å². The number of hydrogen-bond donors (Lipinski definition) is 1. The number of nitrogens with zero attached hydrogens (tertiary/aromatic N) is 3. The molecule has 0 saturated carbocycles. The van der Waals surface area contributed by atoms with Crippen LogP contribution < -0.4 is 0 Å². The average Bonchev–Trinajstić information content (AvgIpc) is 3.05. The Labute approximate surface area is 189 Å². The topological polar surface area (TPSA) is 78.9 Å². The molecule has 0 saturated heterocycles. The Morgan fingerprint density at radius 2 is 2.06 bits per heavy atom. The minimum Gasteiger partial charge on any atom is -0.478 e. The number of aromatic carboxylic acids is 1. The molecule has 0 amide bonds. The van der Waals surface area contributed by atoms with E-state index in [-0.39, 0.29) is 5.41 Å². The first-order chi connectivity index (χ1) is 15.2. The van der Waals surface area contributed by atoms with Gasteiger partial charge in [-0.2, -0.15) is 5.26 Å². The minimum absolute atomic E-state index is 0.0573. The van der Waals surface area contributed by atoms with E-state index in [9.17, 15) is 15.2 Å². The van der Waals surface area contributed by atoms with Crippen LogP contribution in [0.2, 0.25) is 0 Å². The fraction of sp³-hybridized carbons (Fsp3) is 0.370. The standard InChI is InChI=1S/C27H29N3O2/c1-6-27(3,4)19-12-18(11-17-13-20(15-28)30(5)16(17)2)25-22(14-19)24(26(31)32)21-9-7-8-10-23(21)29-25/h7-11,13,19H,6,12,14H2,1-5H3,(H,31,32)/b18-11-/t19-/m1/s1. The summed E-state index contributed by atoms with van der Waals surface area (Å²) in [6.45, 7) is 8.71. The molecule has 2 heterocycles. The van der Waals surface area contributed by atoms with Crippen LogP contribution in [-0.4, -0.2) is 20.6 Å². The molecule has 32 heavy (non-hydrogen) atoms. The number of pyridine rings is 1. The SMILES string of the molecule is CCC(C)(C)[C@@H]1C/C(=C/c2cc(C#N)n(C)c2C)c2nc3ccccc3c(C(=O)O)c2C1. The number of para-hydroxylation sites is 1. The summed E-state index contributed by atoms with van der Waals surface area (Å²) in [7, 11) is 1.89. The molecule has 0 spiro atoms. The first-order valence-electron chi connectivity index (χ1n) is 11.1. The van der Waals surface area contributed by atoms with Gasteiger partial charge in [0.15, 0.2) is 0 Å². The Hall–Kier alpha value is -3.39. The summed E-state index contributed by atoms with van der Waals surface area (Å²) in [6, 6.07) is 11.6. The van der Waals surface area contributed by atoms with Crippen LogP contribution in [0.3, 0.4) is 0 Å². The van der Waals surface area contributed by atoms with E-state index in [0.29, 0.717) is 34.5 Å². The van der Waals surface area contributed by atoms with Gasteiger partial charge in [-0.25, -0.2) is 9.78 Å². The minimum atomic E-state index is -0.906. The molecule has 1 N–H and O–H groups in total. The number of allylic oxidation sites excluding steroid dienone is 1. The highest BCUT2D eigenvalue weighted by molar-refractivity contribution is 6.06. The van der Waals surface area contributed by atoms with Gasteiger partial charge in [0.05, 0.1) is 16.8 Å². The second-order valence-corrected chi connectivity index (χ2v) is 9.49. The van der Waals surface area contributed by atoms with Crippen LogP contribution in [0.1, 0.15) is 72.2 Å². The van der Waals surface area contributed by atoms with E-state index in [1.54, 1.807) is 0 Å². The summed E-state index contributed by atoms with van der Waals surface area (Å²) in [6.07, 6.45) is 4.64. The maximum Gasteiger partial charge on any atom is 0.336 e.